The number of hydrazine groups is 1. The first kappa shape index (κ1) is 16.5. The minimum Gasteiger partial charge on any atom is -0.352 e. The lowest BCUT2D eigenvalue weighted by molar-refractivity contribution is -0.125. The summed E-state index contributed by atoms with van der Waals surface area (Å²) >= 11 is 5.92. The molecule has 1 amide bonds. The molecule has 3 N–H and O–H groups in total. The Bertz CT molecular complexity index is 769. The molecule has 2 aromatic carbocycles. The first-order chi connectivity index (χ1) is 11.7. The average Bonchev–Trinajstić information content (AvgIpc) is 3.10. The molecule has 1 saturated heterocycles. The molecule has 0 aliphatic carbocycles. The van der Waals surface area contributed by atoms with Gasteiger partial charge in [-0.05, 0) is 35.4 Å². The molecule has 1 fully saturated rings. The quantitative estimate of drug-likeness (QED) is 0.798. The Morgan fingerprint density at radius 3 is 2.83 bits per heavy atom. The fraction of sp³-hybridized carbons (Fsp3) is 0.222. The van der Waals surface area contributed by atoms with E-state index in [0.717, 1.165) is 11.1 Å². The molecular weight excluding hydrogens is 324 g/mol. The Morgan fingerprint density at radius 1 is 1.29 bits per heavy atom. The highest BCUT2D eigenvalue weighted by Crippen LogP contribution is 2.26. The van der Waals surface area contributed by atoms with Crippen molar-refractivity contribution in [3.8, 4) is 6.07 Å². The van der Waals surface area contributed by atoms with Gasteiger partial charge in [0.05, 0.1) is 23.6 Å². The maximum absolute atomic E-state index is 12.5. The Hall–Kier alpha value is -2.39. The number of nitrogens with zero attached hydrogens (tertiary/aromatic N) is 1. The van der Waals surface area contributed by atoms with Gasteiger partial charge in [0, 0.05) is 18.1 Å². The van der Waals surface area contributed by atoms with Crippen LogP contribution in [0.4, 0.5) is 0 Å². The van der Waals surface area contributed by atoms with Gasteiger partial charge in [-0.1, -0.05) is 35.9 Å². The Balaban J connectivity index is 1.65. The molecule has 24 heavy (non-hydrogen) atoms. The van der Waals surface area contributed by atoms with Crippen LogP contribution in [0, 0.1) is 17.2 Å². The van der Waals surface area contributed by atoms with Crippen molar-refractivity contribution in [3.05, 3.63) is 70.2 Å². The zero-order valence-electron chi connectivity index (χ0n) is 12.9. The Kier molecular flexibility index (Phi) is 5.11. The van der Waals surface area contributed by atoms with Crippen LogP contribution in [-0.2, 0) is 11.3 Å². The van der Waals surface area contributed by atoms with E-state index in [1.54, 1.807) is 12.1 Å². The molecule has 2 aromatic rings. The van der Waals surface area contributed by atoms with Gasteiger partial charge in [0.25, 0.3) is 0 Å². The smallest absolute Gasteiger partial charge is 0.226 e. The fourth-order valence-electron chi connectivity index (χ4n) is 2.80. The second-order valence-corrected chi connectivity index (χ2v) is 6.13. The normalized spacial score (nSPS) is 19.7. The first-order valence-corrected chi connectivity index (χ1v) is 8.06. The second kappa shape index (κ2) is 7.45. The number of carbonyl (C=O) groups excluding carboxylic acids is 1. The number of nitriles is 1. The van der Waals surface area contributed by atoms with Gasteiger partial charge in [-0.25, -0.2) is 5.43 Å². The third kappa shape index (κ3) is 3.74. The van der Waals surface area contributed by atoms with E-state index in [9.17, 15) is 4.79 Å². The number of amides is 1. The van der Waals surface area contributed by atoms with E-state index in [1.807, 2.05) is 36.4 Å². The number of hydrogen-bond acceptors (Lipinski definition) is 4. The van der Waals surface area contributed by atoms with Crippen molar-refractivity contribution in [2.45, 2.75) is 12.6 Å². The van der Waals surface area contributed by atoms with Crippen LogP contribution >= 0.6 is 11.6 Å². The van der Waals surface area contributed by atoms with Gasteiger partial charge in [0.1, 0.15) is 0 Å². The lowest BCUT2D eigenvalue weighted by Crippen LogP contribution is -2.34. The molecule has 6 heteroatoms. The molecule has 0 bridgehead atoms. The van der Waals surface area contributed by atoms with E-state index in [-0.39, 0.29) is 17.9 Å². The van der Waals surface area contributed by atoms with Crippen LogP contribution in [0.1, 0.15) is 22.7 Å². The molecule has 1 aliphatic heterocycles. The molecule has 122 valence electrons. The summed E-state index contributed by atoms with van der Waals surface area (Å²) in [5.41, 5.74) is 8.69. The van der Waals surface area contributed by atoms with Gasteiger partial charge in [-0.15, -0.1) is 0 Å². The van der Waals surface area contributed by atoms with Gasteiger partial charge in [-0.2, -0.15) is 5.26 Å². The highest BCUT2D eigenvalue weighted by Gasteiger charge is 2.33. The molecule has 1 heterocycles. The zero-order chi connectivity index (χ0) is 16.9. The number of carbonyl (C=O) groups is 1. The molecule has 0 spiro atoms. The van der Waals surface area contributed by atoms with Gasteiger partial charge in [0.2, 0.25) is 5.91 Å². The SMILES string of the molecule is N#Cc1cccc(CNC(=O)C2CNNC2c2ccc(Cl)cc2)c1. The number of nitrogens with one attached hydrogen (secondary N) is 3. The maximum Gasteiger partial charge on any atom is 0.226 e. The van der Waals surface area contributed by atoms with Crippen LogP contribution in [0.15, 0.2) is 48.5 Å². The number of halogens is 1. The van der Waals surface area contributed by atoms with Gasteiger partial charge in [-0.3, -0.25) is 10.2 Å². The van der Waals surface area contributed by atoms with Crippen molar-refractivity contribution in [1.82, 2.24) is 16.2 Å². The van der Waals surface area contributed by atoms with Crippen molar-refractivity contribution >= 4 is 17.5 Å². The van der Waals surface area contributed by atoms with Crippen LogP contribution in [-0.4, -0.2) is 12.5 Å². The average molecular weight is 341 g/mol. The van der Waals surface area contributed by atoms with E-state index in [0.29, 0.717) is 23.7 Å². The molecular formula is C18H17ClN4O. The lowest BCUT2D eigenvalue weighted by Gasteiger charge is -2.18. The predicted octanol–water partition coefficient (Wildman–Crippen LogP) is 2.29. The maximum atomic E-state index is 12.5. The van der Waals surface area contributed by atoms with E-state index in [2.05, 4.69) is 22.2 Å². The van der Waals surface area contributed by atoms with Crippen molar-refractivity contribution in [3.63, 3.8) is 0 Å². The second-order valence-electron chi connectivity index (χ2n) is 5.69. The monoisotopic (exact) mass is 340 g/mol. The largest absolute Gasteiger partial charge is 0.352 e. The molecule has 0 saturated carbocycles. The van der Waals surface area contributed by atoms with Crippen LogP contribution < -0.4 is 16.2 Å². The topological polar surface area (TPSA) is 77.0 Å². The zero-order valence-corrected chi connectivity index (χ0v) is 13.7. The number of rotatable bonds is 4. The number of hydrogen-bond donors (Lipinski definition) is 3. The van der Waals surface area contributed by atoms with Crippen LogP contribution in [0.3, 0.4) is 0 Å². The predicted molar refractivity (Wildman–Crippen MR) is 91.8 cm³/mol. The first-order valence-electron chi connectivity index (χ1n) is 7.68. The van der Waals surface area contributed by atoms with Crippen LogP contribution in [0.2, 0.25) is 5.02 Å². The summed E-state index contributed by atoms with van der Waals surface area (Å²) in [5, 5.41) is 12.5. The van der Waals surface area contributed by atoms with Crippen molar-refractivity contribution in [2.75, 3.05) is 6.54 Å². The van der Waals surface area contributed by atoms with E-state index >= 15 is 0 Å². The Labute approximate surface area is 145 Å². The summed E-state index contributed by atoms with van der Waals surface area (Å²) in [5.74, 6) is -0.250. The minimum atomic E-state index is -0.217. The van der Waals surface area contributed by atoms with Gasteiger partial charge >= 0.3 is 0 Å². The van der Waals surface area contributed by atoms with Gasteiger partial charge < -0.3 is 5.32 Å². The summed E-state index contributed by atoms with van der Waals surface area (Å²) < 4.78 is 0. The molecule has 3 rings (SSSR count). The molecule has 5 nitrogen and oxygen atoms in total. The summed E-state index contributed by atoms with van der Waals surface area (Å²) in [6, 6.07) is 16.7. The molecule has 0 aromatic heterocycles. The van der Waals surface area contributed by atoms with E-state index in [4.69, 9.17) is 16.9 Å². The summed E-state index contributed by atoms with van der Waals surface area (Å²) in [6.07, 6.45) is 0. The van der Waals surface area contributed by atoms with Crippen LogP contribution in [0.5, 0.6) is 0 Å². The van der Waals surface area contributed by atoms with Crippen molar-refractivity contribution in [2.24, 2.45) is 5.92 Å². The molecule has 2 unspecified atom stereocenters. The lowest BCUT2D eigenvalue weighted by atomic mass is 9.94. The van der Waals surface area contributed by atoms with Crippen LogP contribution in [0.25, 0.3) is 0 Å². The highest BCUT2D eigenvalue weighted by atomic mass is 35.5. The standard InChI is InChI=1S/C18H17ClN4O/c19-15-6-4-14(5-7-15)17-16(11-22-23-17)18(24)21-10-13-3-1-2-12(8-13)9-20/h1-8,16-17,22-23H,10-11H2,(H,21,24). The summed E-state index contributed by atoms with van der Waals surface area (Å²) in [4.78, 5) is 12.5. The van der Waals surface area contributed by atoms with Crippen molar-refractivity contribution < 1.29 is 4.79 Å². The van der Waals surface area contributed by atoms with Gasteiger partial charge in [0.15, 0.2) is 0 Å². The third-order valence-corrected chi connectivity index (χ3v) is 4.32. The highest BCUT2D eigenvalue weighted by molar-refractivity contribution is 6.30. The van der Waals surface area contributed by atoms with E-state index in [1.165, 1.54) is 0 Å². The third-order valence-electron chi connectivity index (χ3n) is 4.07. The van der Waals surface area contributed by atoms with E-state index < -0.39 is 0 Å². The van der Waals surface area contributed by atoms with Crippen molar-refractivity contribution in [1.29, 1.82) is 5.26 Å². The minimum absolute atomic E-state index is 0.0326. The molecule has 0 radical (unpaired) electrons. The molecule has 1 aliphatic rings. The summed E-state index contributed by atoms with van der Waals surface area (Å²) in [6.45, 7) is 0.954. The fourth-order valence-corrected chi connectivity index (χ4v) is 2.92. The Morgan fingerprint density at radius 2 is 2.08 bits per heavy atom. The summed E-state index contributed by atoms with van der Waals surface area (Å²) in [7, 11) is 0. The number of benzene rings is 2. The molecule has 2 atom stereocenters.